The number of rotatable bonds is 4. The fraction of sp³-hybridized carbons (Fsp3) is 0.727. The molecule has 2 atom stereocenters. The Morgan fingerprint density at radius 2 is 2.19 bits per heavy atom. The highest BCUT2D eigenvalue weighted by molar-refractivity contribution is 9.09. The maximum atomic E-state index is 11.1. The summed E-state index contributed by atoms with van der Waals surface area (Å²) in [6, 6.07) is 0. The van der Waals surface area contributed by atoms with Gasteiger partial charge in [-0.3, -0.25) is 0 Å². The minimum atomic E-state index is -0.609. The van der Waals surface area contributed by atoms with E-state index in [2.05, 4.69) is 15.9 Å². The average Bonchev–Trinajstić information content (AvgIpc) is 2.51. The second kappa shape index (κ2) is 5.80. The fourth-order valence-corrected chi connectivity index (χ4v) is 2.01. The van der Waals surface area contributed by atoms with Gasteiger partial charge in [0.05, 0.1) is 6.61 Å². The Morgan fingerprint density at radius 1 is 1.50 bits per heavy atom. The number of alkyl halides is 1. The van der Waals surface area contributed by atoms with Crippen LogP contribution in [-0.4, -0.2) is 35.9 Å². The molecule has 0 bridgehead atoms. The molecule has 0 aromatic rings. The van der Waals surface area contributed by atoms with Gasteiger partial charge < -0.3 is 14.2 Å². The number of carbonyl (C=O) groups excluding carboxylic acids is 1. The second-order valence-corrected chi connectivity index (χ2v) is 4.55. The van der Waals surface area contributed by atoms with E-state index in [0.717, 1.165) is 0 Å². The predicted molar refractivity (Wildman–Crippen MR) is 63.4 cm³/mol. The molecule has 0 aromatic heterocycles. The zero-order valence-electron chi connectivity index (χ0n) is 9.73. The lowest BCUT2D eigenvalue weighted by Gasteiger charge is -2.15. The third-order valence-corrected chi connectivity index (χ3v) is 2.72. The molecule has 1 heterocycles. The summed E-state index contributed by atoms with van der Waals surface area (Å²) < 4.78 is 16.1. The number of hydrogen-bond acceptors (Lipinski definition) is 4. The first-order valence-electron chi connectivity index (χ1n) is 5.25. The van der Waals surface area contributed by atoms with Crippen LogP contribution in [0, 0.1) is 0 Å². The number of ether oxygens (including phenoxy) is 3. The monoisotopic (exact) mass is 292 g/mol. The molecule has 0 unspecified atom stereocenters. The fourth-order valence-electron chi connectivity index (χ4n) is 1.51. The van der Waals surface area contributed by atoms with Gasteiger partial charge in [-0.05, 0) is 26.8 Å². The normalized spacial score (nSPS) is 28.5. The lowest BCUT2D eigenvalue weighted by Crippen LogP contribution is -2.22. The van der Waals surface area contributed by atoms with E-state index in [1.165, 1.54) is 6.08 Å². The Kier molecular flexibility index (Phi) is 4.95. The molecule has 5 heteroatoms. The molecule has 0 N–H and O–H groups in total. The Hall–Kier alpha value is -0.390. The third-order valence-electron chi connectivity index (χ3n) is 2.08. The van der Waals surface area contributed by atoms with Crippen molar-refractivity contribution in [3.8, 4) is 0 Å². The van der Waals surface area contributed by atoms with E-state index < -0.39 is 5.79 Å². The molecule has 1 fully saturated rings. The molecular weight excluding hydrogens is 276 g/mol. The van der Waals surface area contributed by atoms with Crippen LogP contribution in [0.1, 0.15) is 20.8 Å². The maximum Gasteiger partial charge on any atom is 0.330 e. The molecule has 4 nitrogen and oxygen atoms in total. The average molecular weight is 293 g/mol. The van der Waals surface area contributed by atoms with E-state index in [-0.39, 0.29) is 18.2 Å². The van der Waals surface area contributed by atoms with Crippen LogP contribution in [0.4, 0.5) is 0 Å². The molecule has 16 heavy (non-hydrogen) atoms. The molecule has 0 amide bonds. The Balaban J connectivity index is 2.56. The van der Waals surface area contributed by atoms with E-state index in [0.29, 0.717) is 11.9 Å². The number of halogens is 1. The van der Waals surface area contributed by atoms with Crippen LogP contribution >= 0.6 is 15.9 Å². The van der Waals surface area contributed by atoms with Crippen LogP contribution in [-0.2, 0) is 19.0 Å². The summed E-state index contributed by atoms with van der Waals surface area (Å²) in [6.07, 6.45) is 2.76. The Morgan fingerprint density at radius 3 is 2.75 bits per heavy atom. The van der Waals surface area contributed by atoms with Gasteiger partial charge in [0.2, 0.25) is 0 Å². The summed E-state index contributed by atoms with van der Waals surface area (Å²) in [4.78, 5) is 11.1. The van der Waals surface area contributed by atoms with Gasteiger partial charge >= 0.3 is 5.97 Å². The van der Waals surface area contributed by atoms with Crippen LogP contribution in [0.25, 0.3) is 0 Å². The van der Waals surface area contributed by atoms with E-state index in [4.69, 9.17) is 14.2 Å². The van der Waals surface area contributed by atoms with Crippen LogP contribution in [0.2, 0.25) is 0 Å². The molecule has 1 saturated heterocycles. The summed E-state index contributed by atoms with van der Waals surface area (Å²) in [6.45, 7) is 5.84. The minimum absolute atomic E-state index is 0.0827. The zero-order valence-corrected chi connectivity index (χ0v) is 11.3. The van der Waals surface area contributed by atoms with Gasteiger partial charge in [-0.1, -0.05) is 15.9 Å². The van der Waals surface area contributed by atoms with Crippen molar-refractivity contribution in [2.24, 2.45) is 0 Å². The summed E-state index contributed by atoms with van der Waals surface area (Å²) in [5.74, 6) is -0.966. The van der Waals surface area contributed by atoms with Crippen LogP contribution < -0.4 is 0 Å². The summed E-state index contributed by atoms with van der Waals surface area (Å²) in [5, 5.41) is 0.661. The molecule has 1 aliphatic rings. The van der Waals surface area contributed by atoms with E-state index in [9.17, 15) is 4.79 Å². The molecule has 0 saturated carbocycles. The summed E-state index contributed by atoms with van der Waals surface area (Å²) in [7, 11) is 0. The van der Waals surface area contributed by atoms with Gasteiger partial charge in [0.15, 0.2) is 5.79 Å². The van der Waals surface area contributed by atoms with E-state index in [1.807, 2.05) is 13.8 Å². The van der Waals surface area contributed by atoms with Crippen LogP contribution in [0.15, 0.2) is 12.2 Å². The predicted octanol–water partition coefficient (Wildman–Crippen LogP) is 2.02. The second-order valence-electron chi connectivity index (χ2n) is 3.90. The lowest BCUT2D eigenvalue weighted by atomic mass is 10.2. The van der Waals surface area contributed by atoms with Gasteiger partial charge in [-0.25, -0.2) is 4.79 Å². The maximum absolute atomic E-state index is 11.1. The molecule has 1 rings (SSSR count). The standard InChI is InChI=1S/C11H17BrO4/c1-4-14-10(13)6-5-8-9(7-12)16-11(2,3)15-8/h5-6,8-9H,4,7H2,1-3H3/b6-5+/t8-,9+/m1/s1. The first-order chi connectivity index (χ1) is 7.48. The molecule has 1 aliphatic heterocycles. The third kappa shape index (κ3) is 3.88. The molecule has 0 aliphatic carbocycles. The summed E-state index contributed by atoms with van der Waals surface area (Å²) >= 11 is 3.35. The Labute approximate surface area is 104 Å². The number of hydrogen-bond donors (Lipinski definition) is 0. The minimum Gasteiger partial charge on any atom is -0.463 e. The van der Waals surface area contributed by atoms with Crippen LogP contribution in [0.3, 0.4) is 0 Å². The Bertz CT molecular complexity index is 275. The first kappa shape index (κ1) is 13.7. The molecule has 0 spiro atoms. The SMILES string of the molecule is CCOC(=O)/C=C/[C@H]1OC(C)(C)O[C@H]1CBr. The van der Waals surface area contributed by atoms with Crippen molar-refractivity contribution < 1.29 is 19.0 Å². The van der Waals surface area contributed by atoms with Gasteiger partial charge in [-0.15, -0.1) is 0 Å². The molecule has 0 radical (unpaired) electrons. The van der Waals surface area contributed by atoms with Crippen molar-refractivity contribution in [2.75, 3.05) is 11.9 Å². The smallest absolute Gasteiger partial charge is 0.330 e. The summed E-state index contributed by atoms with van der Waals surface area (Å²) in [5.41, 5.74) is 0. The molecular formula is C11H17BrO4. The lowest BCUT2D eigenvalue weighted by molar-refractivity contribution is -0.141. The number of esters is 1. The van der Waals surface area contributed by atoms with E-state index in [1.54, 1.807) is 13.0 Å². The van der Waals surface area contributed by atoms with Crippen LogP contribution in [0.5, 0.6) is 0 Å². The van der Waals surface area contributed by atoms with Crippen molar-refractivity contribution >= 4 is 21.9 Å². The van der Waals surface area contributed by atoms with Crippen molar-refractivity contribution in [3.63, 3.8) is 0 Å². The van der Waals surface area contributed by atoms with Crippen molar-refractivity contribution in [3.05, 3.63) is 12.2 Å². The largest absolute Gasteiger partial charge is 0.463 e. The highest BCUT2D eigenvalue weighted by atomic mass is 79.9. The topological polar surface area (TPSA) is 44.8 Å². The number of carbonyl (C=O) groups is 1. The van der Waals surface area contributed by atoms with Crippen molar-refractivity contribution in [1.82, 2.24) is 0 Å². The molecule has 0 aromatic carbocycles. The zero-order chi connectivity index (χ0) is 12.2. The first-order valence-corrected chi connectivity index (χ1v) is 6.37. The highest BCUT2D eigenvalue weighted by Crippen LogP contribution is 2.29. The van der Waals surface area contributed by atoms with E-state index >= 15 is 0 Å². The molecule has 92 valence electrons. The van der Waals surface area contributed by atoms with Crippen molar-refractivity contribution in [1.29, 1.82) is 0 Å². The van der Waals surface area contributed by atoms with Gasteiger partial charge in [0, 0.05) is 11.4 Å². The van der Waals surface area contributed by atoms with Gasteiger partial charge in [0.25, 0.3) is 0 Å². The highest BCUT2D eigenvalue weighted by Gasteiger charge is 2.39. The van der Waals surface area contributed by atoms with Gasteiger partial charge in [0.1, 0.15) is 12.2 Å². The van der Waals surface area contributed by atoms with Crippen molar-refractivity contribution in [2.45, 2.75) is 38.8 Å². The van der Waals surface area contributed by atoms with Gasteiger partial charge in [-0.2, -0.15) is 0 Å². The quantitative estimate of drug-likeness (QED) is 0.452.